The minimum absolute atomic E-state index is 0.251. The van der Waals surface area contributed by atoms with Gasteiger partial charge in [-0.3, -0.25) is 0 Å². The van der Waals surface area contributed by atoms with Crippen molar-refractivity contribution < 1.29 is 8.81 Å². The highest BCUT2D eigenvalue weighted by atomic mass is 19.1. The summed E-state index contributed by atoms with van der Waals surface area (Å²) in [6, 6.07) is 24.7. The van der Waals surface area contributed by atoms with Gasteiger partial charge in [0.1, 0.15) is 11.4 Å². The first-order chi connectivity index (χ1) is 12.3. The first kappa shape index (κ1) is 14.1. The van der Waals surface area contributed by atoms with Crippen LogP contribution < -0.4 is 5.32 Å². The first-order valence-corrected chi connectivity index (χ1v) is 8.15. The van der Waals surface area contributed by atoms with E-state index in [1.165, 1.54) is 22.9 Å². The van der Waals surface area contributed by atoms with Gasteiger partial charge in [0.2, 0.25) is 0 Å². The number of fused-ring (bicyclic) bond motifs is 5. The van der Waals surface area contributed by atoms with E-state index in [1.54, 1.807) is 12.1 Å². The lowest BCUT2D eigenvalue weighted by Crippen LogP contribution is -1.90. The van der Waals surface area contributed by atoms with Crippen molar-refractivity contribution in [2.24, 2.45) is 0 Å². The molecule has 0 spiro atoms. The maximum absolute atomic E-state index is 13.1. The number of anilines is 2. The molecule has 0 aliphatic heterocycles. The minimum Gasteiger partial charge on any atom is -0.454 e. The van der Waals surface area contributed by atoms with Gasteiger partial charge in [-0.1, -0.05) is 42.5 Å². The zero-order valence-corrected chi connectivity index (χ0v) is 13.3. The van der Waals surface area contributed by atoms with Crippen LogP contribution in [0.25, 0.3) is 32.7 Å². The Hall–Kier alpha value is -3.33. The molecule has 0 bridgehead atoms. The second-order valence-corrected chi connectivity index (χ2v) is 6.08. The van der Waals surface area contributed by atoms with Crippen LogP contribution in [0.2, 0.25) is 0 Å². The van der Waals surface area contributed by atoms with Crippen molar-refractivity contribution in [1.82, 2.24) is 0 Å². The molecule has 1 heterocycles. The van der Waals surface area contributed by atoms with Gasteiger partial charge in [0, 0.05) is 16.5 Å². The highest BCUT2D eigenvalue weighted by Gasteiger charge is 2.13. The van der Waals surface area contributed by atoms with Crippen LogP contribution in [0.3, 0.4) is 0 Å². The predicted octanol–water partition coefficient (Wildman–Crippen LogP) is 6.62. The van der Waals surface area contributed by atoms with Gasteiger partial charge in [-0.05, 0) is 47.2 Å². The first-order valence-electron chi connectivity index (χ1n) is 8.15. The second kappa shape index (κ2) is 5.35. The quantitative estimate of drug-likeness (QED) is 0.394. The molecule has 0 aliphatic carbocycles. The number of para-hydroxylation sites is 1. The zero-order chi connectivity index (χ0) is 16.8. The minimum atomic E-state index is -0.251. The molecule has 0 radical (unpaired) electrons. The van der Waals surface area contributed by atoms with Gasteiger partial charge in [0.05, 0.1) is 5.69 Å². The normalized spacial score (nSPS) is 11.4. The lowest BCUT2D eigenvalue weighted by Gasteiger charge is -2.06. The van der Waals surface area contributed by atoms with Gasteiger partial charge in [0.15, 0.2) is 5.58 Å². The van der Waals surface area contributed by atoms with Crippen LogP contribution in [-0.4, -0.2) is 0 Å². The standard InChI is InChI=1S/C22H14FNO/c23-15-9-11-16(12-10-15)24-19-7-3-6-18-21-17-5-2-1-4-14(17)8-13-20(21)25-22(18)19/h1-13,24H. The third kappa shape index (κ3) is 2.24. The van der Waals surface area contributed by atoms with E-state index in [9.17, 15) is 4.39 Å². The van der Waals surface area contributed by atoms with Crippen molar-refractivity contribution in [3.63, 3.8) is 0 Å². The van der Waals surface area contributed by atoms with Crippen molar-refractivity contribution in [2.45, 2.75) is 0 Å². The molecule has 2 nitrogen and oxygen atoms in total. The van der Waals surface area contributed by atoms with Crippen molar-refractivity contribution in [3.8, 4) is 0 Å². The summed E-state index contributed by atoms with van der Waals surface area (Å²) in [6.07, 6.45) is 0. The van der Waals surface area contributed by atoms with Gasteiger partial charge in [-0.2, -0.15) is 0 Å². The van der Waals surface area contributed by atoms with Crippen LogP contribution in [0.5, 0.6) is 0 Å². The predicted molar refractivity (Wildman–Crippen MR) is 101 cm³/mol. The van der Waals surface area contributed by atoms with Crippen molar-refractivity contribution in [3.05, 3.63) is 84.7 Å². The summed E-state index contributed by atoms with van der Waals surface area (Å²) in [7, 11) is 0. The summed E-state index contributed by atoms with van der Waals surface area (Å²) in [5.74, 6) is -0.251. The molecular formula is C22H14FNO. The lowest BCUT2D eigenvalue weighted by molar-refractivity contribution is 0.628. The summed E-state index contributed by atoms with van der Waals surface area (Å²) in [4.78, 5) is 0. The average Bonchev–Trinajstić information content (AvgIpc) is 3.04. The summed E-state index contributed by atoms with van der Waals surface area (Å²) < 4.78 is 19.3. The Morgan fingerprint density at radius 3 is 2.40 bits per heavy atom. The van der Waals surface area contributed by atoms with Crippen molar-refractivity contribution in [1.29, 1.82) is 0 Å². The summed E-state index contributed by atoms with van der Waals surface area (Å²) in [5, 5.41) is 7.88. The fourth-order valence-electron chi connectivity index (χ4n) is 3.36. The number of nitrogens with one attached hydrogen (secondary N) is 1. The van der Waals surface area contributed by atoms with E-state index in [-0.39, 0.29) is 5.82 Å². The molecular weight excluding hydrogens is 313 g/mol. The molecule has 0 aliphatic rings. The molecule has 0 saturated heterocycles. The van der Waals surface area contributed by atoms with Crippen LogP contribution in [0.4, 0.5) is 15.8 Å². The van der Waals surface area contributed by atoms with Gasteiger partial charge in [-0.15, -0.1) is 0 Å². The summed E-state index contributed by atoms with van der Waals surface area (Å²) >= 11 is 0. The van der Waals surface area contributed by atoms with Crippen LogP contribution in [0.1, 0.15) is 0 Å². The van der Waals surface area contributed by atoms with Gasteiger partial charge < -0.3 is 9.73 Å². The molecule has 0 fully saturated rings. The van der Waals surface area contributed by atoms with E-state index < -0.39 is 0 Å². The lowest BCUT2D eigenvalue weighted by atomic mass is 10.0. The third-order valence-electron chi connectivity index (χ3n) is 4.51. The van der Waals surface area contributed by atoms with E-state index in [4.69, 9.17) is 4.42 Å². The smallest absolute Gasteiger partial charge is 0.158 e. The van der Waals surface area contributed by atoms with Crippen molar-refractivity contribution in [2.75, 3.05) is 5.32 Å². The number of hydrogen-bond acceptors (Lipinski definition) is 2. The van der Waals surface area contributed by atoms with E-state index in [0.717, 1.165) is 33.3 Å². The zero-order valence-electron chi connectivity index (χ0n) is 13.3. The van der Waals surface area contributed by atoms with E-state index in [1.807, 2.05) is 30.3 Å². The number of halogens is 1. The molecule has 4 aromatic carbocycles. The number of benzene rings is 4. The Labute approximate surface area is 143 Å². The summed E-state index contributed by atoms with van der Waals surface area (Å²) in [5.41, 5.74) is 3.35. The molecule has 1 aromatic heterocycles. The third-order valence-corrected chi connectivity index (χ3v) is 4.51. The summed E-state index contributed by atoms with van der Waals surface area (Å²) in [6.45, 7) is 0. The second-order valence-electron chi connectivity index (χ2n) is 6.08. The number of hydrogen-bond donors (Lipinski definition) is 1. The van der Waals surface area contributed by atoms with E-state index in [0.29, 0.717) is 0 Å². The Morgan fingerprint density at radius 1 is 0.720 bits per heavy atom. The molecule has 0 unspecified atom stereocenters. The average molecular weight is 327 g/mol. The maximum atomic E-state index is 13.1. The molecule has 5 rings (SSSR count). The number of furan rings is 1. The molecule has 0 atom stereocenters. The molecule has 0 saturated carbocycles. The molecule has 120 valence electrons. The fourth-order valence-corrected chi connectivity index (χ4v) is 3.36. The Kier molecular flexibility index (Phi) is 3.01. The molecule has 5 aromatic rings. The Morgan fingerprint density at radius 2 is 1.52 bits per heavy atom. The van der Waals surface area contributed by atoms with Crippen LogP contribution >= 0.6 is 0 Å². The number of rotatable bonds is 2. The maximum Gasteiger partial charge on any atom is 0.158 e. The van der Waals surface area contributed by atoms with E-state index >= 15 is 0 Å². The van der Waals surface area contributed by atoms with Crippen LogP contribution in [0, 0.1) is 5.82 Å². The highest BCUT2D eigenvalue weighted by Crippen LogP contribution is 2.38. The Bertz CT molecular complexity index is 1220. The monoisotopic (exact) mass is 327 g/mol. The van der Waals surface area contributed by atoms with Crippen molar-refractivity contribution >= 4 is 44.1 Å². The largest absolute Gasteiger partial charge is 0.454 e. The van der Waals surface area contributed by atoms with Gasteiger partial charge in [-0.25, -0.2) is 4.39 Å². The molecule has 3 heteroatoms. The van der Waals surface area contributed by atoms with Gasteiger partial charge in [0.25, 0.3) is 0 Å². The van der Waals surface area contributed by atoms with E-state index in [2.05, 4.69) is 29.6 Å². The fraction of sp³-hybridized carbons (Fsp3) is 0. The Balaban J connectivity index is 1.75. The topological polar surface area (TPSA) is 25.2 Å². The molecule has 1 N–H and O–H groups in total. The highest BCUT2D eigenvalue weighted by molar-refractivity contribution is 6.20. The SMILES string of the molecule is Fc1ccc(Nc2cccc3c2oc2ccc4ccccc4c23)cc1. The molecule has 25 heavy (non-hydrogen) atoms. The van der Waals surface area contributed by atoms with Crippen LogP contribution in [0.15, 0.2) is 83.3 Å². The molecule has 0 amide bonds. The van der Waals surface area contributed by atoms with Crippen LogP contribution in [-0.2, 0) is 0 Å². The van der Waals surface area contributed by atoms with Gasteiger partial charge >= 0.3 is 0 Å².